The molecule has 3 nitrogen and oxygen atoms in total. The number of aliphatic carboxylic acids is 1. The van der Waals surface area contributed by atoms with E-state index in [9.17, 15) is 13.6 Å². The highest BCUT2D eigenvalue weighted by Crippen LogP contribution is 2.24. The van der Waals surface area contributed by atoms with E-state index in [2.05, 4.69) is 5.32 Å². The Balaban J connectivity index is 2.62. The predicted molar refractivity (Wildman–Crippen MR) is 33.6 cm³/mol. The van der Waals surface area contributed by atoms with E-state index in [4.69, 9.17) is 5.11 Å². The van der Waals surface area contributed by atoms with Crippen LogP contribution in [0.3, 0.4) is 0 Å². The summed E-state index contributed by atoms with van der Waals surface area (Å²) in [5.41, 5.74) is 0. The molecule has 1 rings (SSSR count). The minimum Gasteiger partial charge on any atom is -0.477 e. The first-order valence-corrected chi connectivity index (χ1v) is 3.39. The molecule has 1 aliphatic rings. The van der Waals surface area contributed by atoms with Gasteiger partial charge in [0.25, 0.3) is 0 Å². The fraction of sp³-hybridized carbons (Fsp3) is 0.833. The molecule has 2 N–H and O–H groups in total. The highest BCUT2D eigenvalue weighted by molar-refractivity contribution is 5.76. The first-order chi connectivity index (χ1) is 5.05. The van der Waals surface area contributed by atoms with Gasteiger partial charge in [-0.2, -0.15) is 8.78 Å². The Hall–Kier alpha value is -0.710. The molecule has 1 unspecified atom stereocenters. The van der Waals surface area contributed by atoms with Gasteiger partial charge in [-0.15, -0.1) is 0 Å². The number of carbonyl (C=O) groups is 1. The Morgan fingerprint density at radius 1 is 1.64 bits per heavy atom. The summed E-state index contributed by atoms with van der Waals surface area (Å²) in [6.45, 7) is 0.480. The van der Waals surface area contributed by atoms with Gasteiger partial charge in [0.15, 0.2) is 0 Å². The van der Waals surface area contributed by atoms with E-state index in [0.29, 0.717) is 13.0 Å². The molecule has 1 aliphatic heterocycles. The van der Waals surface area contributed by atoms with Crippen molar-refractivity contribution < 1.29 is 18.7 Å². The first kappa shape index (κ1) is 8.39. The molecular weight excluding hydrogens is 156 g/mol. The van der Waals surface area contributed by atoms with Crippen molar-refractivity contribution in [3.05, 3.63) is 0 Å². The number of halogens is 2. The molecule has 1 atom stereocenters. The molecule has 64 valence electrons. The van der Waals surface area contributed by atoms with Crippen LogP contribution >= 0.6 is 0 Å². The van der Waals surface area contributed by atoms with Gasteiger partial charge in [0.2, 0.25) is 0 Å². The zero-order valence-electron chi connectivity index (χ0n) is 5.81. The fourth-order valence-corrected chi connectivity index (χ4v) is 1.14. The van der Waals surface area contributed by atoms with Gasteiger partial charge in [-0.25, -0.2) is 4.79 Å². The lowest BCUT2D eigenvalue weighted by Crippen LogP contribution is -2.46. The van der Waals surface area contributed by atoms with Gasteiger partial charge in [-0.1, -0.05) is 0 Å². The molecule has 0 aliphatic carbocycles. The number of rotatable bonds is 2. The second-order valence-corrected chi connectivity index (χ2v) is 2.58. The van der Waals surface area contributed by atoms with E-state index in [1.165, 1.54) is 0 Å². The molecule has 11 heavy (non-hydrogen) atoms. The topological polar surface area (TPSA) is 49.3 Å². The summed E-state index contributed by atoms with van der Waals surface area (Å²) in [6.07, 6.45) is 0.854. The Kier molecular flexibility index (Phi) is 2.08. The van der Waals surface area contributed by atoms with Crippen molar-refractivity contribution in [2.24, 2.45) is 0 Å². The van der Waals surface area contributed by atoms with Crippen molar-refractivity contribution in [3.63, 3.8) is 0 Å². The zero-order valence-corrected chi connectivity index (χ0v) is 5.81. The molecule has 5 heteroatoms. The number of carboxylic acid groups (broad SMARTS) is 1. The second kappa shape index (κ2) is 2.73. The number of nitrogens with one attached hydrogen (secondary N) is 1. The molecule has 0 saturated carbocycles. The highest BCUT2D eigenvalue weighted by atomic mass is 19.3. The van der Waals surface area contributed by atoms with Gasteiger partial charge >= 0.3 is 11.9 Å². The van der Waals surface area contributed by atoms with Crippen molar-refractivity contribution in [1.29, 1.82) is 0 Å². The normalized spacial score (nSPS) is 25.5. The molecule has 0 amide bonds. The van der Waals surface area contributed by atoms with Crippen molar-refractivity contribution >= 4 is 5.97 Å². The van der Waals surface area contributed by atoms with Crippen molar-refractivity contribution in [3.8, 4) is 0 Å². The molecule has 0 bridgehead atoms. The number of alkyl halides is 2. The molecule has 0 aromatic carbocycles. The Morgan fingerprint density at radius 2 is 2.27 bits per heavy atom. The van der Waals surface area contributed by atoms with Crippen LogP contribution in [0, 0.1) is 0 Å². The van der Waals surface area contributed by atoms with Crippen LogP contribution in [0.5, 0.6) is 0 Å². The third-order valence-corrected chi connectivity index (χ3v) is 1.78. The summed E-state index contributed by atoms with van der Waals surface area (Å²) >= 11 is 0. The van der Waals surface area contributed by atoms with Crippen LogP contribution in [0.1, 0.15) is 12.8 Å². The maximum Gasteiger partial charge on any atom is 0.376 e. The highest BCUT2D eigenvalue weighted by Gasteiger charge is 2.48. The summed E-state index contributed by atoms with van der Waals surface area (Å²) < 4.78 is 25.2. The van der Waals surface area contributed by atoms with Crippen molar-refractivity contribution in [2.45, 2.75) is 24.8 Å². The lowest BCUT2D eigenvalue weighted by Gasteiger charge is -2.18. The van der Waals surface area contributed by atoms with Crippen LogP contribution in [-0.2, 0) is 4.79 Å². The van der Waals surface area contributed by atoms with E-state index in [1.807, 2.05) is 0 Å². The molecule has 1 saturated heterocycles. The standard InChI is InChI=1S/C6H9F2NO2/c7-6(8,5(10)11)4-2-1-3-9-4/h4,9H,1-3H2,(H,10,11). The quantitative estimate of drug-likeness (QED) is 0.624. The average molecular weight is 165 g/mol. The third kappa shape index (κ3) is 1.48. The maximum absolute atomic E-state index is 12.6. The van der Waals surface area contributed by atoms with Crippen LogP contribution in [0.4, 0.5) is 8.78 Å². The van der Waals surface area contributed by atoms with Crippen LogP contribution in [0.25, 0.3) is 0 Å². The minimum atomic E-state index is -3.61. The fourth-order valence-electron chi connectivity index (χ4n) is 1.14. The van der Waals surface area contributed by atoms with E-state index in [0.717, 1.165) is 0 Å². The van der Waals surface area contributed by atoms with Crippen molar-refractivity contribution in [1.82, 2.24) is 5.32 Å². The SMILES string of the molecule is O=C(O)C(F)(F)C1CCCN1. The van der Waals surface area contributed by atoms with Gasteiger partial charge < -0.3 is 10.4 Å². The van der Waals surface area contributed by atoms with Crippen LogP contribution in [-0.4, -0.2) is 29.6 Å². The van der Waals surface area contributed by atoms with Gasteiger partial charge in [0, 0.05) is 0 Å². The van der Waals surface area contributed by atoms with E-state index in [-0.39, 0.29) is 6.42 Å². The van der Waals surface area contributed by atoms with Gasteiger partial charge in [-0.3, -0.25) is 0 Å². The number of carboxylic acids is 1. The first-order valence-electron chi connectivity index (χ1n) is 3.39. The Labute approximate surface area is 62.4 Å². The van der Waals surface area contributed by atoms with Crippen LogP contribution in [0.2, 0.25) is 0 Å². The van der Waals surface area contributed by atoms with E-state index >= 15 is 0 Å². The van der Waals surface area contributed by atoms with Gasteiger partial charge in [-0.05, 0) is 19.4 Å². The Bertz CT molecular complexity index is 166. The number of hydrogen-bond acceptors (Lipinski definition) is 2. The molecular formula is C6H9F2NO2. The largest absolute Gasteiger partial charge is 0.477 e. The summed E-state index contributed by atoms with van der Waals surface area (Å²) in [5.74, 6) is -5.66. The predicted octanol–water partition coefficient (Wildman–Crippen LogP) is 0.458. The molecule has 0 radical (unpaired) electrons. The van der Waals surface area contributed by atoms with E-state index in [1.54, 1.807) is 0 Å². The summed E-state index contributed by atoms with van der Waals surface area (Å²) in [6, 6.07) is -1.18. The average Bonchev–Trinajstić information content (AvgIpc) is 2.37. The summed E-state index contributed by atoms with van der Waals surface area (Å²) in [5, 5.41) is 10.6. The van der Waals surface area contributed by atoms with Gasteiger partial charge in [0.1, 0.15) is 0 Å². The second-order valence-electron chi connectivity index (χ2n) is 2.58. The maximum atomic E-state index is 12.6. The Morgan fingerprint density at radius 3 is 2.64 bits per heavy atom. The summed E-state index contributed by atoms with van der Waals surface area (Å²) in [4.78, 5) is 10.0. The smallest absolute Gasteiger partial charge is 0.376 e. The van der Waals surface area contributed by atoms with Crippen LogP contribution < -0.4 is 5.32 Å². The lowest BCUT2D eigenvalue weighted by atomic mass is 10.1. The molecule has 0 aromatic heterocycles. The lowest BCUT2D eigenvalue weighted by molar-refractivity contribution is -0.168. The number of hydrogen-bond donors (Lipinski definition) is 2. The van der Waals surface area contributed by atoms with E-state index < -0.39 is 17.9 Å². The molecule has 0 aromatic rings. The summed E-state index contributed by atoms with van der Waals surface area (Å²) in [7, 11) is 0. The van der Waals surface area contributed by atoms with Gasteiger partial charge in [0.05, 0.1) is 6.04 Å². The molecule has 0 spiro atoms. The molecule has 1 heterocycles. The van der Waals surface area contributed by atoms with Crippen molar-refractivity contribution in [2.75, 3.05) is 6.54 Å². The zero-order chi connectivity index (χ0) is 8.48. The monoisotopic (exact) mass is 165 g/mol. The molecule has 1 fully saturated rings. The minimum absolute atomic E-state index is 0.235. The van der Waals surface area contributed by atoms with Crippen LogP contribution in [0.15, 0.2) is 0 Å². The third-order valence-electron chi connectivity index (χ3n) is 1.78.